The number of methoxy groups -OCH3 is 1. The Kier molecular flexibility index (Phi) is 5.69. The largest absolute Gasteiger partial charge is 0.493 e. The second-order valence-electron chi connectivity index (χ2n) is 8.89. The van der Waals surface area contributed by atoms with E-state index in [1.807, 2.05) is 60.0 Å². The Hall–Kier alpha value is -4.11. The number of nitrogens with one attached hydrogen (secondary N) is 1. The number of anilines is 2. The zero-order chi connectivity index (χ0) is 24.6. The number of ketones is 1. The van der Waals surface area contributed by atoms with Gasteiger partial charge < -0.3 is 20.5 Å². The van der Waals surface area contributed by atoms with Crippen molar-refractivity contribution in [2.45, 2.75) is 31.4 Å². The molecule has 0 amide bonds. The van der Waals surface area contributed by atoms with Gasteiger partial charge in [-0.1, -0.05) is 42.5 Å². The standard InChI is InChI=1S/C27H25N5O3S/c1-34-22-14-17(9-10-21(22)35-15-16-6-3-2-4-7-16)25-24-19(29-27-30-26(28)31-32(25)27)12-18(13-20(24)33)23-8-5-11-36-23/h2-11,14,18,25H,12-13,15H2,1H3,(H3,28,29,30,31)/t18-,25-/m0/s1. The lowest BCUT2D eigenvalue weighted by Crippen LogP contribution is -2.33. The summed E-state index contributed by atoms with van der Waals surface area (Å²) in [4.78, 5) is 19.2. The van der Waals surface area contributed by atoms with E-state index >= 15 is 0 Å². The lowest BCUT2D eigenvalue weighted by molar-refractivity contribution is -0.116. The van der Waals surface area contributed by atoms with E-state index in [-0.39, 0.29) is 17.6 Å². The fraction of sp³-hybridized carbons (Fsp3) is 0.222. The van der Waals surface area contributed by atoms with Crippen LogP contribution in [0.5, 0.6) is 11.5 Å². The summed E-state index contributed by atoms with van der Waals surface area (Å²) in [5, 5.41) is 9.81. The van der Waals surface area contributed by atoms with Crippen molar-refractivity contribution in [3.63, 3.8) is 0 Å². The van der Waals surface area contributed by atoms with Crippen molar-refractivity contribution in [2.75, 3.05) is 18.2 Å². The molecular weight excluding hydrogens is 474 g/mol. The molecule has 3 heterocycles. The summed E-state index contributed by atoms with van der Waals surface area (Å²) in [5.41, 5.74) is 9.45. The molecule has 2 aromatic heterocycles. The summed E-state index contributed by atoms with van der Waals surface area (Å²) < 4.78 is 13.4. The van der Waals surface area contributed by atoms with E-state index in [0.29, 0.717) is 36.0 Å². The fourth-order valence-corrected chi connectivity index (χ4v) is 5.80. The van der Waals surface area contributed by atoms with Crippen molar-refractivity contribution in [1.82, 2.24) is 14.8 Å². The van der Waals surface area contributed by atoms with Crippen molar-refractivity contribution < 1.29 is 14.3 Å². The molecule has 36 heavy (non-hydrogen) atoms. The normalized spacial score (nSPS) is 18.9. The van der Waals surface area contributed by atoms with E-state index in [1.54, 1.807) is 23.1 Å². The van der Waals surface area contributed by atoms with Crippen LogP contribution in [0.4, 0.5) is 11.9 Å². The molecule has 0 fully saturated rings. The molecule has 182 valence electrons. The van der Waals surface area contributed by atoms with Crippen LogP contribution in [0.25, 0.3) is 0 Å². The number of nitrogen functional groups attached to an aromatic ring is 1. The van der Waals surface area contributed by atoms with E-state index in [4.69, 9.17) is 15.2 Å². The Morgan fingerprint density at radius 1 is 1.11 bits per heavy atom. The number of rotatable bonds is 6. The summed E-state index contributed by atoms with van der Waals surface area (Å²) in [6.07, 6.45) is 1.17. The van der Waals surface area contributed by atoms with Crippen LogP contribution in [0.2, 0.25) is 0 Å². The molecule has 0 spiro atoms. The third-order valence-corrected chi connectivity index (χ3v) is 7.66. The van der Waals surface area contributed by atoms with Crippen LogP contribution < -0.4 is 20.5 Å². The summed E-state index contributed by atoms with van der Waals surface area (Å²) in [7, 11) is 1.61. The first-order valence-electron chi connectivity index (χ1n) is 11.7. The first-order valence-corrected chi connectivity index (χ1v) is 12.6. The maximum Gasteiger partial charge on any atom is 0.241 e. The third-order valence-electron chi connectivity index (χ3n) is 6.62. The van der Waals surface area contributed by atoms with Crippen molar-refractivity contribution >= 4 is 29.0 Å². The molecule has 6 rings (SSSR count). The second kappa shape index (κ2) is 9.16. The molecule has 1 aliphatic heterocycles. The van der Waals surface area contributed by atoms with Crippen LogP contribution in [0.3, 0.4) is 0 Å². The number of hydrogen-bond donors (Lipinski definition) is 2. The highest BCUT2D eigenvalue weighted by Gasteiger charge is 2.40. The first kappa shape index (κ1) is 22.4. The van der Waals surface area contributed by atoms with Gasteiger partial charge in [0.1, 0.15) is 12.6 Å². The highest BCUT2D eigenvalue weighted by atomic mass is 32.1. The van der Waals surface area contributed by atoms with Gasteiger partial charge in [0.05, 0.1) is 7.11 Å². The van der Waals surface area contributed by atoms with Crippen molar-refractivity contribution in [3.05, 3.63) is 93.3 Å². The van der Waals surface area contributed by atoms with E-state index in [9.17, 15) is 4.79 Å². The van der Waals surface area contributed by atoms with Crippen molar-refractivity contribution in [3.8, 4) is 11.5 Å². The number of benzene rings is 2. The van der Waals surface area contributed by atoms with Crippen LogP contribution in [-0.4, -0.2) is 27.7 Å². The molecule has 0 saturated carbocycles. The minimum atomic E-state index is -0.463. The third kappa shape index (κ3) is 4.01. The smallest absolute Gasteiger partial charge is 0.241 e. The van der Waals surface area contributed by atoms with Gasteiger partial charge >= 0.3 is 0 Å². The molecule has 0 unspecified atom stereocenters. The maximum absolute atomic E-state index is 13.6. The van der Waals surface area contributed by atoms with E-state index < -0.39 is 6.04 Å². The van der Waals surface area contributed by atoms with Gasteiger partial charge in [-0.15, -0.1) is 16.4 Å². The SMILES string of the molecule is COc1cc([C@H]2C3=C(C[C@H](c4cccs4)CC3=O)Nc3nc(N)nn32)ccc1OCc1ccccc1. The number of carbonyl (C=O) groups excluding carboxylic acids is 1. The molecule has 2 aromatic carbocycles. The van der Waals surface area contributed by atoms with Gasteiger partial charge in [0.2, 0.25) is 11.9 Å². The van der Waals surface area contributed by atoms with Crippen LogP contribution in [-0.2, 0) is 11.4 Å². The molecule has 1 aliphatic carbocycles. The first-order chi connectivity index (χ1) is 17.6. The number of fused-ring (bicyclic) bond motifs is 1. The Labute approximate surface area is 212 Å². The Bertz CT molecular complexity index is 1450. The summed E-state index contributed by atoms with van der Waals surface area (Å²) in [5.74, 6) is 2.12. The molecule has 9 heteroatoms. The monoisotopic (exact) mass is 499 g/mol. The van der Waals surface area contributed by atoms with Gasteiger partial charge in [-0.05, 0) is 41.1 Å². The molecule has 2 atom stereocenters. The average Bonchev–Trinajstić information content (AvgIpc) is 3.56. The number of nitrogens with zero attached hydrogens (tertiary/aromatic N) is 3. The number of aromatic nitrogens is 3. The Morgan fingerprint density at radius 2 is 1.97 bits per heavy atom. The minimum Gasteiger partial charge on any atom is -0.493 e. The Balaban J connectivity index is 1.37. The van der Waals surface area contributed by atoms with E-state index in [0.717, 1.165) is 23.2 Å². The fourth-order valence-electron chi connectivity index (χ4n) is 4.97. The molecule has 2 aliphatic rings. The van der Waals surface area contributed by atoms with Crippen molar-refractivity contribution in [2.24, 2.45) is 0 Å². The van der Waals surface area contributed by atoms with Gasteiger partial charge in [-0.2, -0.15) is 4.98 Å². The average molecular weight is 500 g/mol. The topological polar surface area (TPSA) is 104 Å². The quantitative estimate of drug-likeness (QED) is 0.388. The van der Waals surface area contributed by atoms with Crippen LogP contribution >= 0.6 is 11.3 Å². The van der Waals surface area contributed by atoms with Crippen LogP contribution in [0.15, 0.2) is 77.3 Å². The van der Waals surface area contributed by atoms with Crippen molar-refractivity contribution in [1.29, 1.82) is 0 Å². The zero-order valence-corrected chi connectivity index (χ0v) is 20.5. The number of allylic oxidation sites excluding steroid dienone is 2. The molecule has 4 aromatic rings. The summed E-state index contributed by atoms with van der Waals surface area (Å²) in [6, 6.07) is 19.3. The molecule has 3 N–H and O–H groups in total. The minimum absolute atomic E-state index is 0.0928. The molecule has 0 bridgehead atoms. The zero-order valence-electron chi connectivity index (χ0n) is 19.7. The van der Waals surface area contributed by atoms with E-state index in [2.05, 4.69) is 21.5 Å². The molecule has 8 nitrogen and oxygen atoms in total. The number of ether oxygens (including phenoxy) is 2. The molecule has 0 saturated heterocycles. The maximum atomic E-state index is 13.6. The van der Waals surface area contributed by atoms with Gasteiger partial charge in [0.25, 0.3) is 0 Å². The number of Topliss-reactive ketones (excluding diaryl/α,β-unsaturated/α-hetero) is 1. The number of carbonyl (C=O) groups is 1. The highest BCUT2D eigenvalue weighted by Crippen LogP contribution is 2.46. The molecule has 0 radical (unpaired) electrons. The number of thiophene rings is 1. The summed E-state index contributed by atoms with van der Waals surface area (Å²) >= 11 is 1.68. The van der Waals surface area contributed by atoms with Gasteiger partial charge in [-0.3, -0.25) is 4.79 Å². The Morgan fingerprint density at radius 3 is 2.75 bits per heavy atom. The molecular formula is C27H25N5O3S. The second-order valence-corrected chi connectivity index (χ2v) is 9.87. The predicted molar refractivity (Wildman–Crippen MR) is 138 cm³/mol. The lowest BCUT2D eigenvalue weighted by atomic mass is 9.80. The lowest BCUT2D eigenvalue weighted by Gasteiger charge is -2.34. The van der Waals surface area contributed by atoms with Crippen LogP contribution in [0.1, 0.15) is 40.8 Å². The van der Waals surface area contributed by atoms with Gasteiger partial charge in [-0.25, -0.2) is 4.68 Å². The highest BCUT2D eigenvalue weighted by molar-refractivity contribution is 7.10. The number of hydrogen-bond acceptors (Lipinski definition) is 8. The van der Waals surface area contributed by atoms with Crippen LogP contribution in [0, 0.1) is 0 Å². The van der Waals surface area contributed by atoms with Gasteiger partial charge in [0, 0.05) is 28.5 Å². The summed E-state index contributed by atoms with van der Waals surface area (Å²) in [6.45, 7) is 0.422. The predicted octanol–water partition coefficient (Wildman–Crippen LogP) is 4.93. The number of nitrogens with two attached hydrogens (primary N) is 1. The van der Waals surface area contributed by atoms with E-state index in [1.165, 1.54) is 4.88 Å². The van der Waals surface area contributed by atoms with Gasteiger partial charge in [0.15, 0.2) is 17.3 Å².